The molecule has 0 aromatic heterocycles. The number of para-hydroxylation sites is 1. The van der Waals surface area contributed by atoms with Gasteiger partial charge >= 0.3 is 5.97 Å². The third kappa shape index (κ3) is 9.25. The van der Waals surface area contributed by atoms with Gasteiger partial charge in [0, 0.05) is 18.8 Å². The van der Waals surface area contributed by atoms with Gasteiger partial charge in [-0.15, -0.1) is 0 Å². The van der Waals surface area contributed by atoms with E-state index in [4.69, 9.17) is 9.47 Å². The van der Waals surface area contributed by atoms with Crippen LogP contribution in [-0.4, -0.2) is 52.3 Å². The van der Waals surface area contributed by atoms with E-state index in [2.05, 4.69) is 0 Å². The van der Waals surface area contributed by atoms with E-state index in [-0.39, 0.29) is 30.5 Å². The van der Waals surface area contributed by atoms with E-state index in [0.717, 1.165) is 12.8 Å². The van der Waals surface area contributed by atoms with Gasteiger partial charge in [-0.1, -0.05) is 42.5 Å². The van der Waals surface area contributed by atoms with E-state index >= 15 is 0 Å². The van der Waals surface area contributed by atoms with Crippen LogP contribution in [0.15, 0.2) is 54.6 Å². The van der Waals surface area contributed by atoms with Crippen LogP contribution < -0.4 is 4.74 Å². The van der Waals surface area contributed by atoms with E-state index in [1.165, 1.54) is 0 Å². The molecule has 0 amide bonds. The summed E-state index contributed by atoms with van der Waals surface area (Å²) in [6, 6.07) is 9.27. The largest absolute Gasteiger partial charge is 0.491 e. The predicted octanol–water partition coefficient (Wildman–Crippen LogP) is 3.41. The summed E-state index contributed by atoms with van der Waals surface area (Å²) >= 11 is 0. The molecule has 3 N–H and O–H groups in total. The number of aliphatic hydroxyl groups is 3. The fourth-order valence-corrected chi connectivity index (χ4v) is 3.77. The first-order valence-corrected chi connectivity index (χ1v) is 11.1. The first-order chi connectivity index (χ1) is 14.9. The van der Waals surface area contributed by atoms with Gasteiger partial charge in [-0.3, -0.25) is 4.79 Å². The average molecular weight is 433 g/mol. The normalized spacial score (nSPS) is 24.8. The molecule has 0 aliphatic heterocycles. The number of hydrogen-bond acceptors (Lipinski definition) is 6. The summed E-state index contributed by atoms with van der Waals surface area (Å²) < 4.78 is 10.6. The fraction of sp³-hybridized carbons (Fsp3) is 0.560. The maximum absolute atomic E-state index is 11.5. The summed E-state index contributed by atoms with van der Waals surface area (Å²) in [4.78, 5) is 11.5. The average Bonchev–Trinajstić information content (AvgIpc) is 3.00. The van der Waals surface area contributed by atoms with Crippen molar-refractivity contribution >= 4 is 5.97 Å². The number of esters is 1. The molecule has 0 bridgehead atoms. The lowest BCUT2D eigenvalue weighted by molar-refractivity contribution is -0.147. The Morgan fingerprint density at radius 3 is 2.61 bits per heavy atom. The molecule has 172 valence electrons. The van der Waals surface area contributed by atoms with Gasteiger partial charge in [0.1, 0.15) is 18.5 Å². The predicted molar refractivity (Wildman–Crippen MR) is 120 cm³/mol. The van der Waals surface area contributed by atoms with Crippen LogP contribution in [0, 0.1) is 11.8 Å². The van der Waals surface area contributed by atoms with Crippen LogP contribution in [0.2, 0.25) is 0 Å². The SMILES string of the molecule is CC(C)OC(=O)CCC/C=C/C[C@@H]1[C@@H](/C=C/[C@@H](O)COc2ccccc2)[C@H](O)C[C@@H]1O. The van der Waals surface area contributed by atoms with E-state index in [1.54, 1.807) is 12.2 Å². The molecule has 1 fully saturated rings. The Hall–Kier alpha value is -2.15. The van der Waals surface area contributed by atoms with Gasteiger partial charge < -0.3 is 24.8 Å². The van der Waals surface area contributed by atoms with Crippen molar-refractivity contribution in [1.29, 1.82) is 0 Å². The third-order valence-electron chi connectivity index (χ3n) is 5.33. The highest BCUT2D eigenvalue weighted by atomic mass is 16.5. The number of unbranched alkanes of at least 4 members (excludes halogenated alkanes) is 1. The van der Waals surface area contributed by atoms with Crippen LogP contribution >= 0.6 is 0 Å². The second-order valence-corrected chi connectivity index (χ2v) is 8.33. The monoisotopic (exact) mass is 432 g/mol. The van der Waals surface area contributed by atoms with Crippen LogP contribution in [0.4, 0.5) is 0 Å². The quantitative estimate of drug-likeness (QED) is 0.266. The number of ether oxygens (including phenoxy) is 2. The van der Waals surface area contributed by atoms with Crippen molar-refractivity contribution in [3.63, 3.8) is 0 Å². The lowest BCUT2D eigenvalue weighted by Gasteiger charge is -2.19. The van der Waals surface area contributed by atoms with Gasteiger partial charge in [0.2, 0.25) is 0 Å². The first-order valence-electron chi connectivity index (χ1n) is 11.1. The van der Waals surface area contributed by atoms with Crippen LogP contribution in [0.5, 0.6) is 5.75 Å². The van der Waals surface area contributed by atoms with Crippen molar-refractivity contribution in [3.05, 3.63) is 54.6 Å². The molecule has 0 saturated heterocycles. The van der Waals surface area contributed by atoms with Gasteiger partial charge in [-0.05, 0) is 51.2 Å². The molecule has 2 rings (SSSR count). The Kier molecular flexibility index (Phi) is 10.8. The summed E-state index contributed by atoms with van der Waals surface area (Å²) in [5.74, 6) is 0.159. The molecule has 0 unspecified atom stereocenters. The van der Waals surface area contributed by atoms with E-state index < -0.39 is 18.3 Å². The molecular weight excluding hydrogens is 396 g/mol. The number of allylic oxidation sites excluding steroid dienone is 2. The lowest BCUT2D eigenvalue weighted by Crippen LogP contribution is -2.21. The highest BCUT2D eigenvalue weighted by Gasteiger charge is 2.39. The molecule has 0 radical (unpaired) electrons. The smallest absolute Gasteiger partial charge is 0.306 e. The van der Waals surface area contributed by atoms with Crippen molar-refractivity contribution < 1.29 is 29.6 Å². The van der Waals surface area contributed by atoms with Crippen LogP contribution in [0.3, 0.4) is 0 Å². The number of aliphatic hydroxyl groups excluding tert-OH is 3. The molecule has 31 heavy (non-hydrogen) atoms. The number of rotatable bonds is 12. The topological polar surface area (TPSA) is 96.2 Å². The molecule has 6 nitrogen and oxygen atoms in total. The van der Waals surface area contributed by atoms with Crippen molar-refractivity contribution in [2.45, 2.75) is 70.4 Å². The summed E-state index contributed by atoms with van der Waals surface area (Å²) in [5, 5.41) is 30.8. The van der Waals surface area contributed by atoms with E-state index in [9.17, 15) is 20.1 Å². The zero-order chi connectivity index (χ0) is 22.6. The van der Waals surface area contributed by atoms with Crippen molar-refractivity contribution in [2.75, 3.05) is 6.61 Å². The summed E-state index contributed by atoms with van der Waals surface area (Å²) in [6.07, 6.45) is 8.12. The number of hydrogen-bond donors (Lipinski definition) is 3. The first kappa shape index (κ1) is 25.1. The lowest BCUT2D eigenvalue weighted by atomic mass is 9.89. The Labute approximate surface area is 185 Å². The maximum Gasteiger partial charge on any atom is 0.306 e. The third-order valence-corrected chi connectivity index (χ3v) is 5.33. The van der Waals surface area contributed by atoms with Crippen molar-refractivity contribution in [1.82, 2.24) is 0 Å². The van der Waals surface area contributed by atoms with Crippen molar-refractivity contribution in [2.24, 2.45) is 11.8 Å². The Balaban J connectivity index is 1.77. The second kappa shape index (κ2) is 13.3. The highest BCUT2D eigenvalue weighted by Crippen LogP contribution is 2.36. The Morgan fingerprint density at radius 1 is 1.16 bits per heavy atom. The standard InChI is InChI=1S/C25H36O6/c1-18(2)31-25(29)13-9-4-3-8-12-21-22(24(28)16-23(21)27)15-14-19(26)17-30-20-10-6-5-7-11-20/h3,5-8,10-11,14-15,18-19,21-24,26-28H,4,9,12-13,16-17H2,1-2H3/b8-3+,15-14+/t19-,21-,22-,23+,24-/m1/s1. The van der Waals surface area contributed by atoms with E-state index in [0.29, 0.717) is 25.0 Å². The molecule has 1 aromatic rings. The molecule has 1 aromatic carbocycles. The fourth-order valence-electron chi connectivity index (χ4n) is 3.77. The van der Waals surface area contributed by atoms with Gasteiger partial charge in [0.15, 0.2) is 0 Å². The summed E-state index contributed by atoms with van der Waals surface area (Å²) in [6.45, 7) is 3.79. The van der Waals surface area contributed by atoms with Crippen LogP contribution in [-0.2, 0) is 9.53 Å². The molecule has 6 heteroatoms. The number of carbonyl (C=O) groups excluding carboxylic acids is 1. The molecule has 1 aliphatic carbocycles. The Bertz CT molecular complexity index is 699. The molecular formula is C25H36O6. The van der Waals surface area contributed by atoms with Crippen molar-refractivity contribution in [3.8, 4) is 5.75 Å². The minimum atomic E-state index is -0.799. The van der Waals surface area contributed by atoms with Gasteiger partial charge in [-0.25, -0.2) is 0 Å². The zero-order valence-electron chi connectivity index (χ0n) is 18.5. The van der Waals surface area contributed by atoms with Gasteiger partial charge in [0.05, 0.1) is 18.3 Å². The number of benzene rings is 1. The molecule has 1 aliphatic rings. The number of carbonyl (C=O) groups is 1. The molecule has 0 spiro atoms. The minimum absolute atomic E-state index is 0.0910. The summed E-state index contributed by atoms with van der Waals surface area (Å²) in [5.41, 5.74) is 0. The highest BCUT2D eigenvalue weighted by molar-refractivity contribution is 5.69. The van der Waals surface area contributed by atoms with E-state index in [1.807, 2.05) is 56.3 Å². The Morgan fingerprint density at radius 2 is 1.90 bits per heavy atom. The minimum Gasteiger partial charge on any atom is -0.491 e. The van der Waals surface area contributed by atoms with Gasteiger partial charge in [-0.2, -0.15) is 0 Å². The van der Waals surface area contributed by atoms with Crippen LogP contribution in [0.25, 0.3) is 0 Å². The summed E-state index contributed by atoms with van der Waals surface area (Å²) in [7, 11) is 0. The van der Waals surface area contributed by atoms with Gasteiger partial charge in [0.25, 0.3) is 0 Å². The maximum atomic E-state index is 11.5. The zero-order valence-corrected chi connectivity index (χ0v) is 18.5. The molecule has 1 saturated carbocycles. The van der Waals surface area contributed by atoms with Crippen LogP contribution in [0.1, 0.15) is 46.0 Å². The molecule has 0 heterocycles. The second-order valence-electron chi connectivity index (χ2n) is 8.33. The molecule has 5 atom stereocenters.